The number of carbonyl (C=O) groups excluding carboxylic acids is 1. The minimum absolute atomic E-state index is 0.0490. The Hall–Kier alpha value is -2.71. The van der Waals surface area contributed by atoms with Crippen molar-refractivity contribution in [3.05, 3.63) is 46.4 Å². The summed E-state index contributed by atoms with van der Waals surface area (Å²) in [7, 11) is 1.33. The number of hydrogen-bond acceptors (Lipinski definition) is 7. The number of likely N-dealkylation sites (N-methyl/N-ethyl adjacent to an activating group) is 1. The molecule has 0 aliphatic heterocycles. The van der Waals surface area contributed by atoms with E-state index in [-0.39, 0.29) is 12.0 Å². The van der Waals surface area contributed by atoms with E-state index >= 15 is 0 Å². The van der Waals surface area contributed by atoms with E-state index in [4.69, 9.17) is 0 Å². The molecule has 0 bridgehead atoms. The van der Waals surface area contributed by atoms with Crippen LogP contribution in [0.2, 0.25) is 0 Å². The highest BCUT2D eigenvalue weighted by molar-refractivity contribution is 7.24. The van der Waals surface area contributed by atoms with Gasteiger partial charge in [-0.25, -0.2) is 4.79 Å². The van der Waals surface area contributed by atoms with Crippen LogP contribution in [0.3, 0.4) is 0 Å². The monoisotopic (exact) mass is 414 g/mol. The van der Waals surface area contributed by atoms with Crippen LogP contribution in [-0.2, 0) is 11.3 Å². The van der Waals surface area contributed by atoms with Gasteiger partial charge in [0.2, 0.25) is 0 Å². The standard InChI is InChI=1S/C21H26N4O3S/c1-4-25(5-2)11-10-23-16-7-6-14(12-24-21(27)28-3)20-18(16)19(26)15-13-22-9-8-17(15)29-20/h6-9,13,23H,4-5,10-12H2,1-3H3,(H,24,27). The lowest BCUT2D eigenvalue weighted by atomic mass is 10.1. The van der Waals surface area contributed by atoms with Crippen LogP contribution in [0.15, 0.2) is 35.4 Å². The van der Waals surface area contributed by atoms with Crippen molar-refractivity contribution in [2.75, 3.05) is 38.6 Å². The first-order chi connectivity index (χ1) is 14.1. The van der Waals surface area contributed by atoms with Crippen LogP contribution in [0.5, 0.6) is 0 Å². The number of anilines is 1. The number of amides is 1. The molecule has 7 nitrogen and oxygen atoms in total. The number of alkyl carbamates (subject to hydrolysis) is 1. The van der Waals surface area contributed by atoms with Crippen LogP contribution in [0.25, 0.3) is 20.2 Å². The van der Waals surface area contributed by atoms with Gasteiger partial charge in [0.15, 0.2) is 5.43 Å². The smallest absolute Gasteiger partial charge is 0.407 e. The number of ether oxygens (including phenoxy) is 1. The molecule has 154 valence electrons. The van der Waals surface area contributed by atoms with Crippen LogP contribution < -0.4 is 16.1 Å². The highest BCUT2D eigenvalue weighted by Gasteiger charge is 2.14. The van der Waals surface area contributed by atoms with Gasteiger partial charge in [-0.2, -0.15) is 0 Å². The predicted octanol–water partition coefficient (Wildman–Crippen LogP) is 3.42. The number of rotatable bonds is 8. The molecule has 8 heteroatoms. The van der Waals surface area contributed by atoms with E-state index in [0.29, 0.717) is 10.8 Å². The van der Waals surface area contributed by atoms with Crippen molar-refractivity contribution in [2.45, 2.75) is 20.4 Å². The summed E-state index contributed by atoms with van der Waals surface area (Å²) in [6.07, 6.45) is 2.80. The molecule has 0 spiro atoms. The van der Waals surface area contributed by atoms with Crippen molar-refractivity contribution in [3.63, 3.8) is 0 Å². The molecule has 1 aromatic carbocycles. The molecular weight excluding hydrogens is 388 g/mol. The van der Waals surface area contributed by atoms with Gasteiger partial charge in [-0.1, -0.05) is 19.9 Å². The molecule has 0 fully saturated rings. The quantitative estimate of drug-likeness (QED) is 0.550. The molecule has 0 saturated heterocycles. The molecule has 2 N–H and O–H groups in total. The fraction of sp³-hybridized carbons (Fsp3) is 0.381. The Bertz CT molecular complexity index is 1060. The second-order valence-electron chi connectivity index (χ2n) is 6.58. The summed E-state index contributed by atoms with van der Waals surface area (Å²) in [5.74, 6) is 0. The third-order valence-corrected chi connectivity index (χ3v) is 6.20. The number of pyridine rings is 1. The Morgan fingerprint density at radius 3 is 2.76 bits per heavy atom. The highest BCUT2D eigenvalue weighted by atomic mass is 32.1. The van der Waals surface area contributed by atoms with Gasteiger partial charge in [0, 0.05) is 47.1 Å². The Labute approximate surface area is 173 Å². The maximum absolute atomic E-state index is 13.3. The molecular formula is C21H26N4O3S. The average molecular weight is 415 g/mol. The zero-order chi connectivity index (χ0) is 20.8. The lowest BCUT2D eigenvalue weighted by Crippen LogP contribution is -2.28. The van der Waals surface area contributed by atoms with Crippen molar-refractivity contribution in [2.24, 2.45) is 0 Å². The van der Waals surface area contributed by atoms with Crippen molar-refractivity contribution < 1.29 is 9.53 Å². The van der Waals surface area contributed by atoms with Crippen LogP contribution in [0.4, 0.5) is 10.5 Å². The normalized spacial score (nSPS) is 11.2. The summed E-state index contributed by atoms with van der Waals surface area (Å²) < 4.78 is 6.40. The Kier molecular flexibility index (Phi) is 7.00. The number of fused-ring (bicyclic) bond motifs is 2. The molecule has 0 atom stereocenters. The van der Waals surface area contributed by atoms with E-state index in [1.807, 2.05) is 18.2 Å². The average Bonchev–Trinajstić information content (AvgIpc) is 2.75. The molecule has 0 radical (unpaired) electrons. The van der Waals surface area contributed by atoms with Gasteiger partial charge in [0.05, 0.1) is 17.9 Å². The fourth-order valence-corrected chi connectivity index (χ4v) is 4.45. The highest BCUT2D eigenvalue weighted by Crippen LogP contribution is 2.31. The summed E-state index contributed by atoms with van der Waals surface area (Å²) >= 11 is 1.53. The second kappa shape index (κ2) is 9.67. The van der Waals surface area contributed by atoms with E-state index in [2.05, 4.69) is 39.1 Å². The predicted molar refractivity (Wildman–Crippen MR) is 119 cm³/mol. The summed E-state index contributed by atoms with van der Waals surface area (Å²) in [4.78, 5) is 31.2. The lowest BCUT2D eigenvalue weighted by molar-refractivity contribution is 0.170. The van der Waals surface area contributed by atoms with Crippen LogP contribution in [-0.4, -0.2) is 49.3 Å². The van der Waals surface area contributed by atoms with Crippen molar-refractivity contribution in [1.29, 1.82) is 0 Å². The topological polar surface area (TPSA) is 83.6 Å². The zero-order valence-electron chi connectivity index (χ0n) is 16.9. The Morgan fingerprint density at radius 1 is 1.24 bits per heavy atom. The summed E-state index contributed by atoms with van der Waals surface area (Å²) in [6.45, 7) is 8.18. The molecule has 0 aliphatic rings. The molecule has 3 rings (SSSR count). The van der Waals surface area contributed by atoms with E-state index in [9.17, 15) is 9.59 Å². The molecule has 29 heavy (non-hydrogen) atoms. The number of benzene rings is 1. The van der Waals surface area contributed by atoms with E-state index in [1.54, 1.807) is 12.4 Å². The third-order valence-electron chi connectivity index (χ3n) is 4.95. The minimum atomic E-state index is -0.503. The molecule has 3 aromatic rings. The van der Waals surface area contributed by atoms with E-state index in [1.165, 1.54) is 18.4 Å². The van der Waals surface area contributed by atoms with Crippen molar-refractivity contribution in [3.8, 4) is 0 Å². The van der Waals surface area contributed by atoms with Crippen LogP contribution in [0.1, 0.15) is 19.4 Å². The van der Waals surface area contributed by atoms with E-state index < -0.39 is 6.09 Å². The lowest BCUT2D eigenvalue weighted by Gasteiger charge is -2.19. The first kappa shape index (κ1) is 21.0. The van der Waals surface area contributed by atoms with Crippen LogP contribution >= 0.6 is 11.3 Å². The van der Waals surface area contributed by atoms with Gasteiger partial charge in [-0.15, -0.1) is 11.3 Å². The number of carbonyl (C=O) groups is 1. The molecule has 1 amide bonds. The first-order valence-corrected chi connectivity index (χ1v) is 10.5. The summed E-state index contributed by atoms with van der Waals surface area (Å²) in [5, 5.41) is 7.38. The second-order valence-corrected chi connectivity index (χ2v) is 7.63. The van der Waals surface area contributed by atoms with Crippen LogP contribution in [0, 0.1) is 0 Å². The van der Waals surface area contributed by atoms with E-state index in [0.717, 1.165) is 46.8 Å². The number of methoxy groups -OCH3 is 1. The SMILES string of the molecule is CCN(CC)CCNc1ccc(CNC(=O)OC)c2sc3ccncc3c(=O)c12. The number of hydrogen-bond donors (Lipinski definition) is 2. The molecule has 2 heterocycles. The molecule has 0 unspecified atom stereocenters. The maximum atomic E-state index is 13.3. The minimum Gasteiger partial charge on any atom is -0.453 e. The van der Waals surface area contributed by atoms with Crippen molar-refractivity contribution in [1.82, 2.24) is 15.2 Å². The maximum Gasteiger partial charge on any atom is 0.407 e. The summed E-state index contributed by atoms with van der Waals surface area (Å²) in [6, 6.07) is 5.70. The van der Waals surface area contributed by atoms with Crippen molar-refractivity contribution >= 4 is 43.3 Å². The van der Waals surface area contributed by atoms with Gasteiger partial charge < -0.3 is 20.3 Å². The van der Waals surface area contributed by atoms with Gasteiger partial charge in [0.1, 0.15) is 0 Å². The Balaban J connectivity index is 2.04. The fourth-order valence-electron chi connectivity index (χ4n) is 3.27. The summed E-state index contributed by atoms with van der Waals surface area (Å²) in [5.41, 5.74) is 1.63. The molecule has 2 aromatic heterocycles. The molecule has 0 aliphatic carbocycles. The Morgan fingerprint density at radius 2 is 2.03 bits per heavy atom. The number of nitrogens with one attached hydrogen (secondary N) is 2. The van der Waals surface area contributed by atoms with Gasteiger partial charge in [-0.3, -0.25) is 9.78 Å². The molecule has 0 saturated carbocycles. The first-order valence-electron chi connectivity index (χ1n) is 9.69. The van der Waals surface area contributed by atoms with Gasteiger partial charge in [0.25, 0.3) is 0 Å². The third kappa shape index (κ3) is 4.65. The number of nitrogens with zero attached hydrogens (tertiary/aromatic N) is 2. The van der Waals surface area contributed by atoms with Gasteiger partial charge >= 0.3 is 6.09 Å². The van der Waals surface area contributed by atoms with Gasteiger partial charge in [-0.05, 0) is 30.8 Å². The largest absolute Gasteiger partial charge is 0.453 e. The zero-order valence-corrected chi connectivity index (χ0v) is 17.8. The number of aromatic nitrogens is 1.